The van der Waals surface area contributed by atoms with Gasteiger partial charge in [0.15, 0.2) is 0 Å². The van der Waals surface area contributed by atoms with Gasteiger partial charge in [-0.05, 0) is 24.1 Å². The third-order valence-corrected chi connectivity index (χ3v) is 5.24. The number of ether oxygens (including phenoxy) is 1. The molecule has 0 bridgehead atoms. The van der Waals surface area contributed by atoms with Gasteiger partial charge in [0, 0.05) is 19.5 Å². The van der Waals surface area contributed by atoms with E-state index in [1.165, 1.54) is 0 Å². The fourth-order valence-corrected chi connectivity index (χ4v) is 3.51. The fourth-order valence-electron chi connectivity index (χ4n) is 3.51. The molecule has 164 valence electrons. The fraction of sp³-hybridized carbons (Fsp3) is 0.375. The molecule has 1 aliphatic heterocycles. The zero-order valence-electron chi connectivity index (χ0n) is 17.8. The molecule has 1 atom stereocenters. The molecule has 1 heterocycles. The molecular weight excluding hydrogens is 394 g/mol. The molecule has 1 aliphatic rings. The third-order valence-electron chi connectivity index (χ3n) is 5.24. The standard InChI is InChI=1S/C24H29N3O4/c1-2-3-9-14-31-21-13-8-7-12-20(21)24(30)26-25-23(29)19-15-22(28)27(17-19)16-18-10-5-4-6-11-18/h4-8,10-13,19H,2-3,9,14-17H2,1H3,(H,25,29)(H,26,30). The van der Waals surface area contributed by atoms with E-state index in [2.05, 4.69) is 17.8 Å². The molecule has 7 heteroatoms. The molecule has 31 heavy (non-hydrogen) atoms. The number of carbonyl (C=O) groups is 3. The van der Waals surface area contributed by atoms with Crippen LogP contribution in [0, 0.1) is 5.92 Å². The van der Waals surface area contributed by atoms with Crippen LogP contribution in [-0.2, 0) is 16.1 Å². The highest BCUT2D eigenvalue weighted by Crippen LogP contribution is 2.21. The minimum Gasteiger partial charge on any atom is -0.493 e. The minimum atomic E-state index is -0.503. The molecule has 0 aromatic heterocycles. The van der Waals surface area contributed by atoms with Crippen LogP contribution in [0.3, 0.4) is 0 Å². The largest absolute Gasteiger partial charge is 0.493 e. The van der Waals surface area contributed by atoms with Crippen LogP contribution in [0.2, 0.25) is 0 Å². The van der Waals surface area contributed by atoms with E-state index >= 15 is 0 Å². The van der Waals surface area contributed by atoms with Gasteiger partial charge in [0.2, 0.25) is 11.8 Å². The first-order valence-corrected chi connectivity index (χ1v) is 10.7. The van der Waals surface area contributed by atoms with Gasteiger partial charge in [-0.2, -0.15) is 0 Å². The number of likely N-dealkylation sites (tertiary alicyclic amines) is 1. The van der Waals surface area contributed by atoms with Crippen molar-refractivity contribution in [2.75, 3.05) is 13.2 Å². The number of carbonyl (C=O) groups excluding carboxylic acids is 3. The molecule has 3 rings (SSSR count). The molecule has 0 spiro atoms. The number of hydrazine groups is 1. The molecule has 2 N–H and O–H groups in total. The first-order valence-electron chi connectivity index (χ1n) is 10.7. The number of nitrogens with zero attached hydrogens (tertiary/aromatic N) is 1. The van der Waals surface area contributed by atoms with Crippen LogP contribution < -0.4 is 15.6 Å². The van der Waals surface area contributed by atoms with Crippen molar-refractivity contribution in [2.24, 2.45) is 5.92 Å². The maximum atomic E-state index is 12.6. The Kier molecular flexibility index (Phi) is 8.04. The van der Waals surface area contributed by atoms with E-state index in [9.17, 15) is 14.4 Å². The molecule has 0 aliphatic carbocycles. The minimum absolute atomic E-state index is 0.0684. The number of hydrogen-bond acceptors (Lipinski definition) is 4. The van der Waals surface area contributed by atoms with Gasteiger partial charge in [-0.1, -0.05) is 62.2 Å². The SMILES string of the molecule is CCCCCOc1ccccc1C(=O)NNC(=O)C1CC(=O)N(Cc2ccccc2)C1. The average Bonchev–Trinajstić information content (AvgIpc) is 3.16. The van der Waals surface area contributed by atoms with Gasteiger partial charge in [-0.3, -0.25) is 25.2 Å². The predicted octanol–water partition coefficient (Wildman–Crippen LogP) is 3.07. The van der Waals surface area contributed by atoms with E-state index in [4.69, 9.17) is 4.74 Å². The Morgan fingerprint density at radius 3 is 2.55 bits per heavy atom. The van der Waals surface area contributed by atoms with Gasteiger partial charge in [0.25, 0.3) is 5.91 Å². The second-order valence-electron chi connectivity index (χ2n) is 7.66. The first kappa shape index (κ1) is 22.3. The number of hydrogen-bond donors (Lipinski definition) is 2. The van der Waals surface area contributed by atoms with Crippen molar-refractivity contribution in [3.8, 4) is 5.75 Å². The molecule has 1 saturated heterocycles. The normalized spacial score (nSPS) is 15.6. The quantitative estimate of drug-likeness (QED) is 0.479. The van der Waals surface area contributed by atoms with Crippen molar-refractivity contribution >= 4 is 17.7 Å². The van der Waals surface area contributed by atoms with Crippen molar-refractivity contribution in [1.29, 1.82) is 0 Å². The van der Waals surface area contributed by atoms with Crippen molar-refractivity contribution < 1.29 is 19.1 Å². The van der Waals surface area contributed by atoms with Gasteiger partial charge in [-0.25, -0.2) is 0 Å². The van der Waals surface area contributed by atoms with Crippen molar-refractivity contribution in [3.63, 3.8) is 0 Å². The second-order valence-corrected chi connectivity index (χ2v) is 7.66. The number of amides is 3. The lowest BCUT2D eigenvalue weighted by Crippen LogP contribution is -2.45. The summed E-state index contributed by atoms with van der Waals surface area (Å²) in [4.78, 5) is 39.0. The number of rotatable bonds is 9. The Labute approximate surface area is 182 Å². The Balaban J connectivity index is 1.50. The van der Waals surface area contributed by atoms with Crippen LogP contribution in [0.25, 0.3) is 0 Å². The summed E-state index contributed by atoms with van der Waals surface area (Å²) in [6, 6.07) is 16.6. The van der Waals surface area contributed by atoms with E-state index in [0.717, 1.165) is 24.8 Å². The summed E-state index contributed by atoms with van der Waals surface area (Å²) in [5, 5.41) is 0. The lowest BCUT2D eigenvalue weighted by Gasteiger charge is -2.17. The van der Waals surface area contributed by atoms with Crippen LogP contribution in [-0.4, -0.2) is 35.8 Å². The van der Waals surface area contributed by atoms with E-state index in [1.807, 2.05) is 30.3 Å². The first-order chi connectivity index (χ1) is 15.1. The number of unbranched alkanes of at least 4 members (excludes halogenated alkanes) is 2. The number of nitrogens with one attached hydrogen (secondary N) is 2. The van der Waals surface area contributed by atoms with Gasteiger partial charge in [-0.15, -0.1) is 0 Å². The Morgan fingerprint density at radius 1 is 1.03 bits per heavy atom. The molecule has 0 saturated carbocycles. The van der Waals surface area contributed by atoms with E-state index < -0.39 is 11.8 Å². The summed E-state index contributed by atoms with van der Waals surface area (Å²) in [5.41, 5.74) is 6.28. The Hall–Kier alpha value is -3.35. The van der Waals surface area contributed by atoms with Gasteiger partial charge >= 0.3 is 0 Å². The third kappa shape index (κ3) is 6.31. The maximum Gasteiger partial charge on any atom is 0.273 e. The molecule has 3 amide bonds. The molecular formula is C24H29N3O4. The molecule has 2 aromatic rings. The summed E-state index contributed by atoms with van der Waals surface area (Å²) < 4.78 is 5.73. The van der Waals surface area contributed by atoms with Crippen molar-refractivity contribution in [2.45, 2.75) is 39.2 Å². The Bertz CT molecular complexity index is 901. The highest BCUT2D eigenvalue weighted by Gasteiger charge is 2.34. The topological polar surface area (TPSA) is 87.7 Å². The zero-order chi connectivity index (χ0) is 22.1. The van der Waals surface area contributed by atoms with Crippen LogP contribution in [0.1, 0.15) is 48.5 Å². The van der Waals surface area contributed by atoms with Crippen molar-refractivity contribution in [3.05, 3.63) is 65.7 Å². The molecule has 1 fully saturated rings. The summed E-state index contributed by atoms with van der Waals surface area (Å²) in [5.74, 6) is -0.919. The van der Waals surface area contributed by atoms with E-state index in [1.54, 1.807) is 29.2 Å². The molecule has 7 nitrogen and oxygen atoms in total. The smallest absolute Gasteiger partial charge is 0.273 e. The lowest BCUT2D eigenvalue weighted by molar-refractivity contribution is -0.129. The second kappa shape index (κ2) is 11.2. The molecule has 2 aromatic carbocycles. The van der Waals surface area contributed by atoms with Crippen molar-refractivity contribution in [1.82, 2.24) is 15.8 Å². The zero-order valence-corrected chi connectivity index (χ0v) is 17.8. The molecule has 1 unspecified atom stereocenters. The summed E-state index contributed by atoms with van der Waals surface area (Å²) >= 11 is 0. The van der Waals surface area contributed by atoms with E-state index in [0.29, 0.717) is 31.0 Å². The van der Waals surface area contributed by atoms with Crippen LogP contribution >= 0.6 is 0 Å². The van der Waals surface area contributed by atoms with Crippen LogP contribution in [0.5, 0.6) is 5.75 Å². The summed E-state index contributed by atoms with van der Waals surface area (Å²) in [6.45, 7) is 3.44. The van der Waals surface area contributed by atoms with Gasteiger partial charge < -0.3 is 9.64 Å². The van der Waals surface area contributed by atoms with Crippen LogP contribution in [0.15, 0.2) is 54.6 Å². The highest BCUT2D eigenvalue weighted by atomic mass is 16.5. The molecule has 0 radical (unpaired) electrons. The lowest BCUT2D eigenvalue weighted by atomic mass is 10.1. The average molecular weight is 424 g/mol. The number of benzene rings is 2. The predicted molar refractivity (Wildman–Crippen MR) is 117 cm³/mol. The van der Waals surface area contributed by atoms with Gasteiger partial charge in [0.05, 0.1) is 18.1 Å². The monoisotopic (exact) mass is 423 g/mol. The highest BCUT2D eigenvalue weighted by molar-refractivity contribution is 5.98. The van der Waals surface area contributed by atoms with E-state index in [-0.39, 0.29) is 18.2 Å². The number of para-hydroxylation sites is 1. The maximum absolute atomic E-state index is 12.6. The van der Waals surface area contributed by atoms with Gasteiger partial charge in [0.1, 0.15) is 5.75 Å². The summed E-state index contributed by atoms with van der Waals surface area (Å²) in [6.07, 6.45) is 3.19. The summed E-state index contributed by atoms with van der Waals surface area (Å²) in [7, 11) is 0. The Morgan fingerprint density at radius 2 is 1.77 bits per heavy atom. The van der Waals surface area contributed by atoms with Crippen LogP contribution in [0.4, 0.5) is 0 Å².